The van der Waals surface area contributed by atoms with Crippen LogP contribution in [-0.2, 0) is 55.5 Å². The van der Waals surface area contributed by atoms with E-state index in [1.807, 2.05) is 0 Å². The molecule has 0 N–H and O–H groups in total. The topological polar surface area (TPSA) is 0 Å². The summed E-state index contributed by atoms with van der Waals surface area (Å²) in [6.07, 6.45) is 0. The second kappa shape index (κ2) is 37.1. The van der Waals surface area contributed by atoms with Gasteiger partial charge in [0.2, 0.25) is 0 Å². The van der Waals surface area contributed by atoms with Crippen LogP contribution in [0.15, 0.2) is 0 Å². The largest absolute Gasteiger partial charge is 0.0814 e. The summed E-state index contributed by atoms with van der Waals surface area (Å²) in [5.74, 6) is 0. The van der Waals surface area contributed by atoms with Crippen molar-refractivity contribution in [3.63, 3.8) is 0 Å². The van der Waals surface area contributed by atoms with E-state index in [1.165, 1.54) is 0 Å². The Balaban J connectivity index is 0. The first-order valence-electron chi connectivity index (χ1n) is 0. The van der Waals surface area contributed by atoms with Crippen LogP contribution < -0.4 is 0 Å². The Morgan fingerprint density at radius 2 is 1.00 bits per heavy atom. The molecule has 0 aliphatic heterocycles. The van der Waals surface area contributed by atoms with Crippen molar-refractivity contribution >= 4 is 19.4 Å². The molecule has 0 aromatic heterocycles. The minimum atomic E-state index is 0. The van der Waals surface area contributed by atoms with Crippen molar-refractivity contribution in [3.8, 4) is 0 Å². The molecule has 5 heteroatoms. The van der Waals surface area contributed by atoms with Crippen LogP contribution in [0.1, 0.15) is 0 Å². The van der Waals surface area contributed by atoms with Crippen LogP contribution in [0.4, 0.5) is 0 Å². The zero-order chi connectivity index (χ0) is 0. The molecule has 0 aliphatic rings. The normalized spacial score (nSPS) is 0. The third-order valence-corrected chi connectivity index (χ3v) is 0. The van der Waals surface area contributed by atoms with Crippen molar-refractivity contribution in [1.82, 2.24) is 0 Å². The molecule has 0 heterocycles. The van der Waals surface area contributed by atoms with Crippen LogP contribution >= 0.6 is 0 Å². The number of hydrogen-bond acceptors (Lipinski definition) is 0. The fourth-order valence-corrected chi connectivity index (χ4v) is 0. The molecular weight excluding hydrogens is 331 g/mol. The first-order chi connectivity index (χ1) is 0. The average Bonchev–Trinajstić information content (AvgIpc) is 0. The predicted octanol–water partition coefficient (Wildman–Crippen LogP) is -2.64. The van der Waals surface area contributed by atoms with Gasteiger partial charge in [0.05, 0.1) is 8.41 Å². The van der Waals surface area contributed by atoms with E-state index in [0.717, 1.165) is 0 Å². The Hall–Kier alpha value is 2.02. The van der Waals surface area contributed by atoms with Gasteiger partial charge in [0, 0.05) is 55.5 Å². The Morgan fingerprint density at radius 1 is 1.00 bits per heavy atom. The van der Waals surface area contributed by atoms with Gasteiger partial charge in [-0.05, 0) is 11.0 Å². The standard InChI is InChI=1S/BH3.Cr.Fe.H4Si.W/h1H3;;;1H4;. The smallest absolute Gasteiger partial charge is 0.0149 e. The van der Waals surface area contributed by atoms with Gasteiger partial charge in [0.25, 0.3) is 0 Å². The van der Waals surface area contributed by atoms with Gasteiger partial charge in [-0.25, -0.2) is 0 Å². The van der Waals surface area contributed by atoms with Crippen LogP contribution in [0.5, 0.6) is 0 Å². The van der Waals surface area contributed by atoms with Gasteiger partial charge >= 0.3 is 0 Å². The van der Waals surface area contributed by atoms with E-state index in [4.69, 9.17) is 0 Å². The molecule has 0 aliphatic carbocycles. The van der Waals surface area contributed by atoms with Crippen molar-refractivity contribution in [2.45, 2.75) is 0 Å². The predicted molar refractivity (Wildman–Crippen MR) is 21.3 cm³/mol. The zero-order valence-corrected chi connectivity index (χ0v) is 6.48. The molecular formula is H7BCrFeSiW. The average molecular weight is 338 g/mol. The van der Waals surface area contributed by atoms with Crippen LogP contribution in [0.3, 0.4) is 0 Å². The molecule has 0 nitrogen and oxygen atoms in total. The fourth-order valence-electron chi connectivity index (χ4n) is 0. The van der Waals surface area contributed by atoms with Gasteiger partial charge in [-0.15, -0.1) is 0 Å². The Kier molecular flexibility index (Phi) is 463. The molecule has 0 fully saturated rings. The van der Waals surface area contributed by atoms with E-state index in [-0.39, 0.29) is 74.9 Å². The molecule has 0 aromatic rings. The van der Waals surface area contributed by atoms with Crippen LogP contribution in [0, 0.1) is 0 Å². The van der Waals surface area contributed by atoms with Crippen molar-refractivity contribution in [2.75, 3.05) is 0 Å². The van der Waals surface area contributed by atoms with Gasteiger partial charge in [-0.3, -0.25) is 0 Å². The van der Waals surface area contributed by atoms with Crippen molar-refractivity contribution in [3.05, 3.63) is 0 Å². The molecule has 0 amide bonds. The summed E-state index contributed by atoms with van der Waals surface area (Å²) in [5.41, 5.74) is 0. The fraction of sp³-hybridized carbons (Fsp3) is 0. The molecule has 0 radical (unpaired) electrons. The summed E-state index contributed by atoms with van der Waals surface area (Å²) in [6, 6.07) is 0. The van der Waals surface area contributed by atoms with Crippen molar-refractivity contribution in [1.29, 1.82) is 0 Å². The Morgan fingerprint density at radius 3 is 1.00 bits per heavy atom. The molecule has 0 rings (SSSR count). The van der Waals surface area contributed by atoms with Crippen molar-refractivity contribution in [2.24, 2.45) is 0 Å². The molecule has 0 unspecified atom stereocenters. The molecule has 0 spiro atoms. The molecule has 0 saturated heterocycles. The second-order valence-corrected chi connectivity index (χ2v) is 0. The minimum absolute atomic E-state index is 0. The molecule has 0 aromatic carbocycles. The zero-order valence-electron chi connectivity index (χ0n) is 1.17. The van der Waals surface area contributed by atoms with Gasteiger partial charge in [0.15, 0.2) is 0 Å². The molecule has 0 atom stereocenters. The number of rotatable bonds is 0. The van der Waals surface area contributed by atoms with Gasteiger partial charge in [-0.1, -0.05) is 0 Å². The van der Waals surface area contributed by atoms with E-state index in [2.05, 4.69) is 0 Å². The summed E-state index contributed by atoms with van der Waals surface area (Å²) < 4.78 is 0. The van der Waals surface area contributed by atoms with E-state index in [1.54, 1.807) is 0 Å². The second-order valence-electron chi connectivity index (χ2n) is 0. The summed E-state index contributed by atoms with van der Waals surface area (Å²) in [6.45, 7) is 0. The molecule has 0 saturated carbocycles. The van der Waals surface area contributed by atoms with Crippen LogP contribution in [0.2, 0.25) is 0 Å². The van der Waals surface area contributed by atoms with Crippen LogP contribution in [-0.4, -0.2) is 19.4 Å². The van der Waals surface area contributed by atoms with E-state index >= 15 is 0 Å². The van der Waals surface area contributed by atoms with Gasteiger partial charge in [0.1, 0.15) is 0 Å². The van der Waals surface area contributed by atoms with Gasteiger partial charge < -0.3 is 0 Å². The Labute approximate surface area is 74.3 Å². The summed E-state index contributed by atoms with van der Waals surface area (Å²) in [5, 5.41) is 0. The quantitative estimate of drug-likeness (QED) is 0.424. The third-order valence-electron chi connectivity index (χ3n) is 0. The summed E-state index contributed by atoms with van der Waals surface area (Å²) in [7, 11) is 0. The van der Waals surface area contributed by atoms with Crippen molar-refractivity contribution < 1.29 is 55.5 Å². The SMILES string of the molecule is B.[Cr].[Fe].[SiH4].[W]. The number of hydrogen-bond donors (Lipinski definition) is 0. The molecule has 0 bridgehead atoms. The van der Waals surface area contributed by atoms with Gasteiger partial charge in [-0.2, -0.15) is 0 Å². The Bertz CT molecular complexity index is 11.6. The third kappa shape index (κ3) is 23.8. The summed E-state index contributed by atoms with van der Waals surface area (Å²) >= 11 is 0. The maximum absolute atomic E-state index is 0. The first-order valence-corrected chi connectivity index (χ1v) is 0. The first kappa shape index (κ1) is 62.3. The monoisotopic (exact) mass is 338 g/mol. The van der Waals surface area contributed by atoms with E-state index in [0.29, 0.717) is 0 Å². The maximum Gasteiger partial charge on any atom is 0.0814 e. The van der Waals surface area contributed by atoms with E-state index < -0.39 is 0 Å². The molecule has 5 heavy (non-hydrogen) atoms. The molecule has 34 valence electrons. The van der Waals surface area contributed by atoms with Crippen LogP contribution in [0.25, 0.3) is 0 Å². The minimum Gasteiger partial charge on any atom is -0.0149 e. The summed E-state index contributed by atoms with van der Waals surface area (Å²) in [4.78, 5) is 0. The van der Waals surface area contributed by atoms with E-state index in [9.17, 15) is 0 Å². The maximum atomic E-state index is 0.